The molecule has 0 aliphatic rings. The largest absolute Gasteiger partial charge is 0.327 e. The first kappa shape index (κ1) is 16.3. The summed E-state index contributed by atoms with van der Waals surface area (Å²) in [6.45, 7) is 2.03. The summed E-state index contributed by atoms with van der Waals surface area (Å²) >= 11 is 7.33. The van der Waals surface area contributed by atoms with E-state index in [1.54, 1.807) is 0 Å². The van der Waals surface area contributed by atoms with E-state index >= 15 is 0 Å². The van der Waals surface area contributed by atoms with Crippen LogP contribution in [0.5, 0.6) is 0 Å². The van der Waals surface area contributed by atoms with Gasteiger partial charge in [0.1, 0.15) is 11.6 Å². The van der Waals surface area contributed by atoms with Gasteiger partial charge in [0, 0.05) is 10.9 Å². The maximum Gasteiger partial charge on any atom is 0.137 e. The van der Waals surface area contributed by atoms with Crippen molar-refractivity contribution in [3.63, 3.8) is 0 Å². The van der Waals surface area contributed by atoms with Crippen LogP contribution >= 0.6 is 23.4 Å². The molecule has 0 fully saturated rings. The normalized spacial score (nSPS) is 12.4. The Morgan fingerprint density at radius 1 is 1.14 bits per heavy atom. The number of benzene rings is 2. The minimum Gasteiger partial charge on any atom is -0.327 e. The van der Waals surface area contributed by atoms with Gasteiger partial charge in [-0.05, 0) is 48.7 Å². The predicted molar refractivity (Wildman–Crippen MR) is 83.9 cm³/mol. The summed E-state index contributed by atoms with van der Waals surface area (Å²) in [4.78, 5) is 0.907. The lowest BCUT2D eigenvalue weighted by atomic mass is 10.1. The Morgan fingerprint density at radius 2 is 1.90 bits per heavy atom. The van der Waals surface area contributed by atoms with Crippen LogP contribution in [0.25, 0.3) is 0 Å². The Balaban J connectivity index is 2.19. The first-order valence-corrected chi connectivity index (χ1v) is 7.86. The average Bonchev–Trinajstić information content (AvgIpc) is 2.45. The van der Waals surface area contributed by atoms with E-state index in [0.29, 0.717) is 9.92 Å². The first-order valence-electron chi connectivity index (χ1n) is 6.66. The molecule has 0 amide bonds. The minimum atomic E-state index is -0.472. The fraction of sp³-hybridized carbons (Fsp3) is 0.250. The molecule has 2 aromatic rings. The molecule has 2 rings (SSSR count). The van der Waals surface area contributed by atoms with Crippen LogP contribution in [-0.4, -0.2) is 6.04 Å². The molecule has 0 aliphatic carbocycles. The molecular weight excluding hydrogens is 312 g/mol. The van der Waals surface area contributed by atoms with E-state index in [1.807, 2.05) is 25.1 Å². The van der Waals surface area contributed by atoms with Crippen molar-refractivity contribution < 1.29 is 8.78 Å². The third kappa shape index (κ3) is 4.43. The van der Waals surface area contributed by atoms with Gasteiger partial charge in [-0.2, -0.15) is 0 Å². The zero-order chi connectivity index (χ0) is 15.4. The fourth-order valence-electron chi connectivity index (χ4n) is 1.88. The molecule has 0 aromatic heterocycles. The van der Waals surface area contributed by atoms with Crippen LogP contribution < -0.4 is 5.73 Å². The smallest absolute Gasteiger partial charge is 0.137 e. The van der Waals surface area contributed by atoms with Crippen LogP contribution in [0.2, 0.25) is 5.02 Å². The molecule has 1 unspecified atom stereocenters. The Kier molecular flexibility index (Phi) is 5.62. The van der Waals surface area contributed by atoms with Crippen molar-refractivity contribution in [2.24, 2.45) is 5.73 Å². The predicted octanol–water partition coefficient (Wildman–Crippen LogP) is 5.05. The molecule has 0 heterocycles. The van der Waals surface area contributed by atoms with E-state index in [-0.39, 0.29) is 10.9 Å². The van der Waals surface area contributed by atoms with E-state index in [4.69, 9.17) is 17.3 Å². The van der Waals surface area contributed by atoms with E-state index in [9.17, 15) is 8.78 Å². The number of hydrogen-bond donors (Lipinski definition) is 1. The summed E-state index contributed by atoms with van der Waals surface area (Å²) in [7, 11) is 0. The topological polar surface area (TPSA) is 26.0 Å². The summed E-state index contributed by atoms with van der Waals surface area (Å²) < 4.78 is 26.8. The van der Waals surface area contributed by atoms with Gasteiger partial charge >= 0.3 is 0 Å². The zero-order valence-electron chi connectivity index (χ0n) is 11.6. The van der Waals surface area contributed by atoms with Crippen molar-refractivity contribution in [1.82, 2.24) is 0 Å². The molecule has 0 saturated heterocycles. The summed E-state index contributed by atoms with van der Waals surface area (Å²) in [6, 6.07) is 9.03. The Hall–Kier alpha value is -1.10. The van der Waals surface area contributed by atoms with E-state index < -0.39 is 11.6 Å². The second-order valence-electron chi connectivity index (χ2n) is 4.81. The lowest BCUT2D eigenvalue weighted by Gasteiger charge is -2.11. The Bertz CT molecular complexity index is 634. The van der Waals surface area contributed by atoms with Gasteiger partial charge in [-0.3, -0.25) is 0 Å². The molecule has 1 nitrogen and oxygen atoms in total. The van der Waals surface area contributed by atoms with Crippen LogP contribution in [0.3, 0.4) is 0 Å². The van der Waals surface area contributed by atoms with Crippen molar-refractivity contribution in [2.45, 2.75) is 35.6 Å². The summed E-state index contributed by atoms with van der Waals surface area (Å²) in [5.74, 6) is -0.935. The number of halogens is 3. The fourth-order valence-corrected chi connectivity index (χ4v) is 3.06. The molecule has 0 bridgehead atoms. The summed E-state index contributed by atoms with van der Waals surface area (Å²) in [6.07, 6.45) is 1.64. The standard InChI is InChI=1S/C16H16ClF2NS/c1-2-12(20)7-10-3-6-15(13(17)8-10)21-16-9-11(18)4-5-14(16)19/h3-6,8-9,12H,2,7,20H2,1H3. The summed E-state index contributed by atoms with van der Waals surface area (Å²) in [5, 5.41) is 0.518. The van der Waals surface area contributed by atoms with Gasteiger partial charge in [-0.15, -0.1) is 0 Å². The molecule has 0 spiro atoms. The van der Waals surface area contributed by atoms with Gasteiger partial charge < -0.3 is 5.73 Å². The molecule has 5 heteroatoms. The third-order valence-corrected chi connectivity index (χ3v) is 4.67. The molecule has 21 heavy (non-hydrogen) atoms. The molecule has 2 aromatic carbocycles. The lowest BCUT2D eigenvalue weighted by molar-refractivity contribution is 0.577. The first-order chi connectivity index (χ1) is 9.99. The zero-order valence-corrected chi connectivity index (χ0v) is 13.1. The molecule has 0 aliphatic heterocycles. The Morgan fingerprint density at radius 3 is 2.57 bits per heavy atom. The van der Waals surface area contributed by atoms with Crippen LogP contribution in [0.4, 0.5) is 8.78 Å². The Labute approximate surface area is 132 Å². The maximum atomic E-state index is 13.6. The number of hydrogen-bond acceptors (Lipinski definition) is 2. The highest BCUT2D eigenvalue weighted by Gasteiger charge is 2.10. The molecule has 1 atom stereocenters. The second kappa shape index (κ2) is 7.25. The summed E-state index contributed by atoms with van der Waals surface area (Å²) in [5.41, 5.74) is 6.95. The van der Waals surface area contributed by atoms with Gasteiger partial charge in [0.05, 0.1) is 9.92 Å². The highest BCUT2D eigenvalue weighted by Crippen LogP contribution is 2.35. The van der Waals surface area contributed by atoms with Crippen molar-refractivity contribution in [3.8, 4) is 0 Å². The average molecular weight is 328 g/mol. The monoisotopic (exact) mass is 327 g/mol. The van der Waals surface area contributed by atoms with Crippen LogP contribution in [0.15, 0.2) is 46.2 Å². The van der Waals surface area contributed by atoms with Gasteiger partial charge in [0.15, 0.2) is 0 Å². The van der Waals surface area contributed by atoms with E-state index in [1.165, 1.54) is 0 Å². The van der Waals surface area contributed by atoms with Gasteiger partial charge in [0.2, 0.25) is 0 Å². The minimum absolute atomic E-state index is 0.0974. The van der Waals surface area contributed by atoms with Crippen molar-refractivity contribution >= 4 is 23.4 Å². The number of nitrogens with two attached hydrogens (primary N) is 1. The van der Waals surface area contributed by atoms with Gasteiger partial charge in [-0.25, -0.2) is 8.78 Å². The van der Waals surface area contributed by atoms with Crippen LogP contribution in [0.1, 0.15) is 18.9 Å². The van der Waals surface area contributed by atoms with Gasteiger partial charge in [0.25, 0.3) is 0 Å². The maximum absolute atomic E-state index is 13.6. The molecular formula is C16H16ClF2NS. The van der Waals surface area contributed by atoms with Crippen LogP contribution in [-0.2, 0) is 6.42 Å². The molecule has 0 radical (unpaired) electrons. The number of rotatable bonds is 5. The van der Waals surface area contributed by atoms with Crippen LogP contribution in [0, 0.1) is 11.6 Å². The van der Waals surface area contributed by atoms with Gasteiger partial charge in [-0.1, -0.05) is 36.4 Å². The highest BCUT2D eigenvalue weighted by molar-refractivity contribution is 7.99. The van der Waals surface area contributed by atoms with E-state index in [0.717, 1.165) is 48.4 Å². The lowest BCUT2D eigenvalue weighted by Crippen LogP contribution is -2.21. The quantitative estimate of drug-likeness (QED) is 0.831. The van der Waals surface area contributed by atoms with E-state index in [2.05, 4.69) is 0 Å². The molecule has 112 valence electrons. The molecule has 0 saturated carbocycles. The second-order valence-corrected chi connectivity index (χ2v) is 6.31. The molecule has 2 N–H and O–H groups in total. The van der Waals surface area contributed by atoms with Crippen molar-refractivity contribution in [1.29, 1.82) is 0 Å². The third-order valence-electron chi connectivity index (χ3n) is 3.13. The van der Waals surface area contributed by atoms with Crippen molar-refractivity contribution in [2.75, 3.05) is 0 Å². The van der Waals surface area contributed by atoms with Crippen molar-refractivity contribution in [3.05, 3.63) is 58.6 Å². The highest BCUT2D eigenvalue weighted by atomic mass is 35.5. The SMILES string of the molecule is CCC(N)Cc1ccc(Sc2cc(F)ccc2F)c(Cl)c1.